The normalized spacial score (nSPS) is 11.0. The molecule has 120 valence electrons. The smallest absolute Gasteiger partial charge is 0.261 e. The molecule has 0 fully saturated rings. The van der Waals surface area contributed by atoms with Crippen LogP contribution in [0.1, 0.15) is 34.1 Å². The molecule has 0 aromatic carbocycles. The van der Waals surface area contributed by atoms with E-state index < -0.39 is 0 Å². The molecule has 0 spiro atoms. The van der Waals surface area contributed by atoms with Gasteiger partial charge in [-0.2, -0.15) is 0 Å². The van der Waals surface area contributed by atoms with Crippen LogP contribution in [0.3, 0.4) is 0 Å². The molecule has 3 rings (SSSR count). The third kappa shape index (κ3) is 3.29. The molecule has 0 bridgehead atoms. The minimum absolute atomic E-state index is 0.0212. The van der Waals surface area contributed by atoms with E-state index in [4.69, 9.17) is 0 Å². The molecule has 1 N–H and O–H groups in total. The summed E-state index contributed by atoms with van der Waals surface area (Å²) in [5.74, 6) is 0.0212. The minimum atomic E-state index is 0.0212. The number of aryl methyl sites for hydroxylation is 2. The molecule has 0 saturated heterocycles. The highest BCUT2D eigenvalue weighted by molar-refractivity contribution is 7.12. The van der Waals surface area contributed by atoms with Gasteiger partial charge in [0.2, 0.25) is 0 Å². The van der Waals surface area contributed by atoms with E-state index in [2.05, 4.69) is 34.1 Å². The van der Waals surface area contributed by atoms with Crippen molar-refractivity contribution >= 4 is 28.3 Å². The van der Waals surface area contributed by atoms with Crippen LogP contribution in [-0.2, 0) is 13.0 Å². The molecule has 0 aliphatic rings. The van der Waals surface area contributed by atoms with E-state index in [-0.39, 0.29) is 5.91 Å². The molecule has 0 radical (unpaired) electrons. The fraction of sp³-hybridized carbons (Fsp3) is 0.333. The molecule has 0 unspecified atom stereocenters. The largest absolute Gasteiger partial charge is 0.351 e. The molecular weight excluding hydrogens is 306 g/mol. The third-order valence-electron chi connectivity index (χ3n) is 3.93. The quantitative estimate of drug-likeness (QED) is 0.749. The zero-order valence-electron chi connectivity index (χ0n) is 13.5. The van der Waals surface area contributed by atoms with Crippen LogP contribution in [0.4, 0.5) is 0 Å². The number of thiophene rings is 1. The molecule has 0 aliphatic carbocycles. The monoisotopic (exact) mass is 327 g/mol. The summed E-state index contributed by atoms with van der Waals surface area (Å²) in [5.41, 5.74) is 3.31. The highest BCUT2D eigenvalue weighted by Crippen LogP contribution is 2.20. The maximum absolute atomic E-state index is 12.2. The van der Waals surface area contributed by atoms with Crippen molar-refractivity contribution in [3.05, 3.63) is 52.0 Å². The molecular formula is C18H21N3OS. The third-order valence-corrected chi connectivity index (χ3v) is 4.94. The van der Waals surface area contributed by atoms with Gasteiger partial charge in [0, 0.05) is 30.9 Å². The lowest BCUT2D eigenvalue weighted by Crippen LogP contribution is -2.25. The number of nitrogens with zero attached hydrogens (tertiary/aromatic N) is 2. The predicted octanol–water partition coefficient (Wildman–Crippen LogP) is 3.79. The second-order valence-corrected chi connectivity index (χ2v) is 6.58. The van der Waals surface area contributed by atoms with E-state index in [9.17, 15) is 4.79 Å². The first-order valence-electron chi connectivity index (χ1n) is 7.95. The zero-order valence-corrected chi connectivity index (χ0v) is 14.3. The van der Waals surface area contributed by atoms with Crippen LogP contribution in [0, 0.1) is 6.92 Å². The standard InChI is InChI=1S/C18H21N3OS/c1-3-10-21-12-14(15-5-4-8-19-17(15)21)6-9-20-18(22)16-13(2)7-11-23-16/h4-5,7-8,11-12H,3,6,9-10H2,1-2H3,(H,20,22). The molecule has 3 aromatic heterocycles. The van der Waals surface area contributed by atoms with E-state index >= 15 is 0 Å². The maximum atomic E-state index is 12.2. The number of pyridine rings is 1. The number of amides is 1. The van der Waals surface area contributed by atoms with Crippen LogP contribution in [0.25, 0.3) is 11.0 Å². The van der Waals surface area contributed by atoms with Gasteiger partial charge in [-0.3, -0.25) is 4.79 Å². The summed E-state index contributed by atoms with van der Waals surface area (Å²) < 4.78 is 2.20. The van der Waals surface area contributed by atoms with Crippen molar-refractivity contribution < 1.29 is 4.79 Å². The molecule has 4 nitrogen and oxygen atoms in total. The summed E-state index contributed by atoms with van der Waals surface area (Å²) in [7, 11) is 0. The lowest BCUT2D eigenvalue weighted by Gasteiger charge is -2.04. The Morgan fingerprint density at radius 1 is 1.39 bits per heavy atom. The first kappa shape index (κ1) is 15.7. The topological polar surface area (TPSA) is 46.9 Å². The predicted molar refractivity (Wildman–Crippen MR) is 95.1 cm³/mol. The summed E-state index contributed by atoms with van der Waals surface area (Å²) in [6.07, 6.45) is 5.90. The Kier molecular flexibility index (Phi) is 4.76. The molecule has 3 aromatic rings. The Labute approximate surface area is 140 Å². The van der Waals surface area contributed by atoms with Crippen molar-refractivity contribution in [2.45, 2.75) is 33.2 Å². The van der Waals surface area contributed by atoms with Gasteiger partial charge in [-0.25, -0.2) is 4.98 Å². The van der Waals surface area contributed by atoms with E-state index in [0.29, 0.717) is 6.54 Å². The highest BCUT2D eigenvalue weighted by atomic mass is 32.1. The minimum Gasteiger partial charge on any atom is -0.351 e. The van der Waals surface area contributed by atoms with E-state index in [0.717, 1.165) is 35.5 Å². The fourth-order valence-electron chi connectivity index (χ4n) is 2.80. The number of hydrogen-bond acceptors (Lipinski definition) is 3. The summed E-state index contributed by atoms with van der Waals surface area (Å²) in [4.78, 5) is 17.5. The molecule has 1 amide bonds. The van der Waals surface area contributed by atoms with Crippen LogP contribution < -0.4 is 5.32 Å². The number of fused-ring (bicyclic) bond motifs is 1. The van der Waals surface area contributed by atoms with Crippen molar-refractivity contribution in [3.63, 3.8) is 0 Å². The Morgan fingerprint density at radius 2 is 2.26 bits per heavy atom. The van der Waals surface area contributed by atoms with Crippen molar-refractivity contribution in [2.75, 3.05) is 6.54 Å². The van der Waals surface area contributed by atoms with Gasteiger partial charge in [0.25, 0.3) is 5.91 Å². The lowest BCUT2D eigenvalue weighted by atomic mass is 10.1. The first-order chi connectivity index (χ1) is 11.2. The number of nitrogens with one attached hydrogen (secondary N) is 1. The Morgan fingerprint density at radius 3 is 3.00 bits per heavy atom. The van der Waals surface area contributed by atoms with Gasteiger partial charge in [-0.15, -0.1) is 11.3 Å². The van der Waals surface area contributed by atoms with Gasteiger partial charge < -0.3 is 9.88 Å². The van der Waals surface area contributed by atoms with Gasteiger partial charge in [0.1, 0.15) is 5.65 Å². The van der Waals surface area contributed by atoms with Gasteiger partial charge in [-0.05, 0) is 54.5 Å². The lowest BCUT2D eigenvalue weighted by molar-refractivity contribution is 0.0957. The Bertz CT molecular complexity index is 819. The summed E-state index contributed by atoms with van der Waals surface area (Å²) >= 11 is 1.49. The van der Waals surface area contributed by atoms with E-state index in [1.165, 1.54) is 22.3 Å². The van der Waals surface area contributed by atoms with Gasteiger partial charge >= 0.3 is 0 Å². The Balaban J connectivity index is 1.70. The fourth-order valence-corrected chi connectivity index (χ4v) is 3.64. The second kappa shape index (κ2) is 6.96. The van der Waals surface area contributed by atoms with Gasteiger partial charge in [-0.1, -0.05) is 6.92 Å². The number of carbonyl (C=O) groups is 1. The molecule has 0 saturated carbocycles. The van der Waals surface area contributed by atoms with Crippen molar-refractivity contribution in [2.24, 2.45) is 0 Å². The molecule has 3 heterocycles. The van der Waals surface area contributed by atoms with Crippen molar-refractivity contribution in [1.82, 2.24) is 14.9 Å². The molecule has 0 aliphatic heterocycles. The Hall–Kier alpha value is -2.14. The SMILES string of the molecule is CCCn1cc(CCNC(=O)c2sccc2C)c2cccnc21. The number of carbonyl (C=O) groups excluding carboxylic acids is 1. The maximum Gasteiger partial charge on any atom is 0.261 e. The highest BCUT2D eigenvalue weighted by Gasteiger charge is 2.12. The van der Waals surface area contributed by atoms with Crippen LogP contribution in [0.2, 0.25) is 0 Å². The molecule has 0 atom stereocenters. The second-order valence-electron chi connectivity index (χ2n) is 5.66. The summed E-state index contributed by atoms with van der Waals surface area (Å²) in [6.45, 7) is 5.73. The van der Waals surface area contributed by atoms with Crippen LogP contribution in [0.15, 0.2) is 36.0 Å². The first-order valence-corrected chi connectivity index (χ1v) is 8.83. The molecule has 23 heavy (non-hydrogen) atoms. The van der Waals surface area contributed by atoms with Crippen molar-refractivity contribution in [1.29, 1.82) is 0 Å². The number of aromatic nitrogens is 2. The van der Waals surface area contributed by atoms with Gasteiger partial charge in [0.15, 0.2) is 0 Å². The van der Waals surface area contributed by atoms with E-state index in [1.807, 2.05) is 30.6 Å². The van der Waals surface area contributed by atoms with Gasteiger partial charge in [0.05, 0.1) is 4.88 Å². The summed E-state index contributed by atoms with van der Waals surface area (Å²) in [5, 5.41) is 6.16. The van der Waals surface area contributed by atoms with Crippen LogP contribution >= 0.6 is 11.3 Å². The van der Waals surface area contributed by atoms with E-state index in [1.54, 1.807) is 0 Å². The van der Waals surface area contributed by atoms with Crippen LogP contribution in [-0.4, -0.2) is 22.0 Å². The van der Waals surface area contributed by atoms with Crippen LogP contribution in [0.5, 0.6) is 0 Å². The summed E-state index contributed by atoms with van der Waals surface area (Å²) in [6, 6.07) is 6.05. The molecule has 5 heteroatoms. The number of hydrogen-bond donors (Lipinski definition) is 1. The van der Waals surface area contributed by atoms with Crippen molar-refractivity contribution in [3.8, 4) is 0 Å². The average Bonchev–Trinajstić information content (AvgIpc) is 3.13. The zero-order chi connectivity index (χ0) is 16.2. The number of rotatable bonds is 6. The average molecular weight is 327 g/mol.